The van der Waals surface area contributed by atoms with Gasteiger partial charge in [0.1, 0.15) is 5.75 Å². The van der Waals surface area contributed by atoms with Crippen molar-refractivity contribution in [2.75, 3.05) is 30.5 Å². The zero-order valence-corrected chi connectivity index (χ0v) is 16.2. The van der Waals surface area contributed by atoms with Crippen LogP contribution in [0.4, 0.5) is 21.9 Å². The third-order valence-electron chi connectivity index (χ3n) is 5.49. The van der Waals surface area contributed by atoms with Crippen LogP contribution in [0, 0.1) is 15.5 Å². The topological polar surface area (TPSA) is 122 Å². The number of imide groups is 2. The maximum Gasteiger partial charge on any atom is 0.335 e. The number of nitro benzene ring substituents is 1. The van der Waals surface area contributed by atoms with E-state index in [9.17, 15) is 24.5 Å². The molecule has 0 aromatic heterocycles. The Morgan fingerprint density at radius 2 is 1.83 bits per heavy atom. The number of urea groups is 1. The van der Waals surface area contributed by atoms with Crippen molar-refractivity contribution in [3.05, 3.63) is 58.1 Å². The molecule has 1 N–H and O–H groups in total. The van der Waals surface area contributed by atoms with E-state index in [4.69, 9.17) is 4.74 Å². The van der Waals surface area contributed by atoms with Crippen LogP contribution in [-0.4, -0.2) is 43.5 Å². The quantitative estimate of drug-likeness (QED) is 0.466. The van der Waals surface area contributed by atoms with Crippen molar-refractivity contribution in [1.82, 2.24) is 5.32 Å². The van der Waals surface area contributed by atoms with Crippen molar-refractivity contribution in [1.29, 1.82) is 0 Å². The number of hydrogen-bond donors (Lipinski definition) is 1. The van der Waals surface area contributed by atoms with Gasteiger partial charge >= 0.3 is 6.03 Å². The summed E-state index contributed by atoms with van der Waals surface area (Å²) in [5, 5.41) is 13.5. The van der Waals surface area contributed by atoms with Gasteiger partial charge < -0.3 is 9.64 Å². The Morgan fingerprint density at radius 3 is 2.47 bits per heavy atom. The molecule has 154 valence electrons. The molecule has 1 unspecified atom stereocenters. The molecule has 2 aromatic rings. The molecule has 30 heavy (non-hydrogen) atoms. The maximum atomic E-state index is 13.5. The number of fused-ring (bicyclic) bond motifs is 1. The average Bonchev–Trinajstić information content (AvgIpc) is 2.72. The molecule has 4 amide bonds. The summed E-state index contributed by atoms with van der Waals surface area (Å²) in [6.45, 7) is 0.0302. The maximum absolute atomic E-state index is 13.5. The number of rotatable bonds is 3. The fourth-order valence-electron chi connectivity index (χ4n) is 4.01. The monoisotopic (exact) mass is 410 g/mol. The number of carbonyl (C=O) groups excluding carboxylic acids is 3. The molecule has 1 spiro atoms. The number of amides is 4. The number of methoxy groups -OCH3 is 1. The molecule has 2 aliphatic rings. The van der Waals surface area contributed by atoms with Crippen LogP contribution in [0.3, 0.4) is 0 Å². The molecule has 0 aliphatic carbocycles. The van der Waals surface area contributed by atoms with Gasteiger partial charge in [-0.05, 0) is 42.3 Å². The first-order chi connectivity index (χ1) is 14.3. The summed E-state index contributed by atoms with van der Waals surface area (Å²) >= 11 is 0. The molecule has 10 nitrogen and oxygen atoms in total. The van der Waals surface area contributed by atoms with Crippen molar-refractivity contribution in [2.24, 2.45) is 5.41 Å². The highest BCUT2D eigenvalue weighted by atomic mass is 16.6. The number of nitrogens with zero attached hydrogens (tertiary/aromatic N) is 3. The van der Waals surface area contributed by atoms with Crippen LogP contribution in [0.5, 0.6) is 5.75 Å². The van der Waals surface area contributed by atoms with Crippen LogP contribution in [0.2, 0.25) is 0 Å². The van der Waals surface area contributed by atoms with Crippen LogP contribution in [0.15, 0.2) is 42.5 Å². The molecule has 0 bridgehead atoms. The molecule has 2 aromatic carbocycles. The number of nitro groups is 1. The Bertz CT molecular complexity index is 1080. The lowest BCUT2D eigenvalue weighted by Gasteiger charge is -2.45. The predicted octanol–water partition coefficient (Wildman–Crippen LogP) is 1.87. The Morgan fingerprint density at radius 1 is 1.13 bits per heavy atom. The van der Waals surface area contributed by atoms with Gasteiger partial charge in [-0.15, -0.1) is 0 Å². The van der Waals surface area contributed by atoms with Gasteiger partial charge in [-0.25, -0.2) is 9.69 Å². The van der Waals surface area contributed by atoms with E-state index in [1.807, 2.05) is 0 Å². The molecule has 1 atom stereocenters. The molecule has 2 heterocycles. The molecule has 0 radical (unpaired) electrons. The van der Waals surface area contributed by atoms with E-state index >= 15 is 0 Å². The zero-order valence-electron chi connectivity index (χ0n) is 16.2. The van der Waals surface area contributed by atoms with Crippen molar-refractivity contribution in [3.8, 4) is 5.75 Å². The van der Waals surface area contributed by atoms with Crippen molar-refractivity contribution in [3.63, 3.8) is 0 Å². The molecule has 0 saturated carbocycles. The highest BCUT2D eigenvalue weighted by Gasteiger charge is 2.56. The van der Waals surface area contributed by atoms with Crippen molar-refractivity contribution >= 4 is 34.9 Å². The summed E-state index contributed by atoms with van der Waals surface area (Å²) in [5.74, 6) is -0.843. The lowest BCUT2D eigenvalue weighted by Crippen LogP contribution is -2.68. The minimum atomic E-state index is -1.59. The first-order valence-corrected chi connectivity index (χ1v) is 9.09. The average molecular weight is 410 g/mol. The molecule has 2 aliphatic heterocycles. The summed E-state index contributed by atoms with van der Waals surface area (Å²) < 4.78 is 5.10. The Labute approximate surface area is 171 Å². The number of ether oxygens (including phenoxy) is 1. The van der Waals surface area contributed by atoms with Gasteiger partial charge in [-0.3, -0.25) is 25.0 Å². The highest BCUT2D eigenvalue weighted by molar-refractivity contribution is 6.30. The van der Waals surface area contributed by atoms with Gasteiger partial charge in [-0.2, -0.15) is 0 Å². The second-order valence-electron chi connectivity index (χ2n) is 7.28. The first kappa shape index (κ1) is 19.4. The number of carbonyl (C=O) groups is 3. The third kappa shape index (κ3) is 2.84. The lowest BCUT2D eigenvalue weighted by atomic mass is 9.74. The second kappa shape index (κ2) is 6.83. The Hall–Kier alpha value is -3.95. The van der Waals surface area contributed by atoms with E-state index in [-0.39, 0.29) is 24.3 Å². The first-order valence-electron chi connectivity index (χ1n) is 9.09. The summed E-state index contributed by atoms with van der Waals surface area (Å²) in [6.07, 6.45) is -0.0566. The van der Waals surface area contributed by atoms with Crippen LogP contribution in [-0.2, 0) is 16.0 Å². The summed E-state index contributed by atoms with van der Waals surface area (Å²) in [6, 6.07) is 9.79. The summed E-state index contributed by atoms with van der Waals surface area (Å²) in [5.41, 5.74) is -0.251. The normalized spacial score (nSPS) is 20.8. The van der Waals surface area contributed by atoms with Gasteiger partial charge in [0.15, 0.2) is 5.41 Å². The van der Waals surface area contributed by atoms with Crippen LogP contribution in [0.25, 0.3) is 0 Å². The fraction of sp³-hybridized carbons (Fsp3) is 0.250. The van der Waals surface area contributed by atoms with Gasteiger partial charge in [0.25, 0.3) is 11.6 Å². The summed E-state index contributed by atoms with van der Waals surface area (Å²) in [7, 11) is 3.19. The summed E-state index contributed by atoms with van der Waals surface area (Å²) in [4.78, 5) is 52.2. The number of nitrogens with one attached hydrogen (secondary N) is 1. The van der Waals surface area contributed by atoms with Gasteiger partial charge in [0, 0.05) is 31.4 Å². The van der Waals surface area contributed by atoms with E-state index in [0.29, 0.717) is 17.0 Å². The smallest absolute Gasteiger partial charge is 0.335 e. The number of benzene rings is 2. The third-order valence-corrected chi connectivity index (χ3v) is 5.49. The Balaban J connectivity index is 1.77. The van der Waals surface area contributed by atoms with E-state index in [0.717, 1.165) is 4.90 Å². The van der Waals surface area contributed by atoms with E-state index in [1.165, 1.54) is 19.2 Å². The number of anilines is 2. The largest absolute Gasteiger partial charge is 0.497 e. The fourth-order valence-corrected chi connectivity index (χ4v) is 4.01. The van der Waals surface area contributed by atoms with Gasteiger partial charge in [-0.1, -0.05) is 0 Å². The standard InChI is InChI=1S/C20H18N4O6/c1-22-11-20(10-12-9-14(24(28)29)5-8-16(12)22)17(25)21-19(27)23(18(20)26)13-3-6-15(30-2)7-4-13/h3-9H,10-11H2,1-2H3,(H,21,25,27). The highest BCUT2D eigenvalue weighted by Crippen LogP contribution is 2.41. The van der Waals surface area contributed by atoms with Gasteiger partial charge in [0.05, 0.1) is 17.7 Å². The molecule has 1 fully saturated rings. The molecular weight excluding hydrogens is 392 g/mol. The molecule has 1 saturated heterocycles. The van der Waals surface area contributed by atoms with Crippen LogP contribution in [0.1, 0.15) is 5.56 Å². The van der Waals surface area contributed by atoms with Crippen molar-refractivity contribution in [2.45, 2.75) is 6.42 Å². The minimum absolute atomic E-state index is 0.0302. The van der Waals surface area contributed by atoms with E-state index in [1.54, 1.807) is 42.3 Å². The van der Waals surface area contributed by atoms with E-state index in [2.05, 4.69) is 5.32 Å². The van der Waals surface area contributed by atoms with Gasteiger partial charge in [0.2, 0.25) is 5.91 Å². The van der Waals surface area contributed by atoms with Crippen molar-refractivity contribution < 1.29 is 24.0 Å². The molecular formula is C20H18N4O6. The lowest BCUT2D eigenvalue weighted by molar-refractivity contribution is -0.384. The number of barbiturate groups is 1. The van der Waals surface area contributed by atoms with E-state index < -0.39 is 28.2 Å². The number of hydrogen-bond acceptors (Lipinski definition) is 7. The zero-order chi connectivity index (χ0) is 21.6. The molecule has 4 rings (SSSR count). The van der Waals surface area contributed by atoms with Crippen LogP contribution >= 0.6 is 0 Å². The SMILES string of the molecule is COc1ccc(N2C(=O)NC(=O)C3(Cc4cc([N+](=O)[O-])ccc4N(C)C3)C2=O)cc1. The Kier molecular flexibility index (Phi) is 4.41. The second-order valence-corrected chi connectivity index (χ2v) is 7.28. The minimum Gasteiger partial charge on any atom is -0.497 e. The van der Waals surface area contributed by atoms with Crippen LogP contribution < -0.4 is 19.9 Å². The number of non-ortho nitro benzene ring substituents is 1. The predicted molar refractivity (Wildman–Crippen MR) is 107 cm³/mol. The molecule has 10 heteroatoms.